The predicted octanol–water partition coefficient (Wildman–Crippen LogP) is 3.05. The molecule has 0 aromatic heterocycles. The molecule has 2 N–H and O–H groups in total. The molecule has 0 saturated heterocycles. The van der Waals surface area contributed by atoms with E-state index in [1.54, 1.807) is 14.2 Å². The van der Waals surface area contributed by atoms with E-state index in [1.807, 2.05) is 56.3 Å². The SMILES string of the molecule is COc1cccc(NCC(=O)N/N=C\c2cccc(OC)c2OC(C)C)c1. The molecule has 0 unspecified atom stereocenters. The second kappa shape index (κ2) is 10.1. The number of hydrogen-bond donors (Lipinski definition) is 2. The van der Waals surface area contributed by atoms with E-state index in [1.165, 1.54) is 6.21 Å². The van der Waals surface area contributed by atoms with E-state index in [2.05, 4.69) is 15.8 Å². The molecular weight excluding hydrogens is 346 g/mol. The van der Waals surface area contributed by atoms with Crippen LogP contribution in [-0.4, -0.2) is 39.0 Å². The first-order valence-electron chi connectivity index (χ1n) is 8.57. The molecule has 0 bridgehead atoms. The molecule has 0 fully saturated rings. The highest BCUT2D eigenvalue weighted by Crippen LogP contribution is 2.30. The van der Waals surface area contributed by atoms with Crippen LogP contribution < -0.4 is 25.0 Å². The first-order chi connectivity index (χ1) is 13.0. The minimum atomic E-state index is -0.275. The zero-order valence-electron chi connectivity index (χ0n) is 16.0. The first kappa shape index (κ1) is 20.1. The Labute approximate surface area is 159 Å². The number of nitrogens with zero attached hydrogens (tertiary/aromatic N) is 1. The molecule has 2 aromatic carbocycles. The fourth-order valence-corrected chi connectivity index (χ4v) is 2.29. The third kappa shape index (κ3) is 6.22. The van der Waals surface area contributed by atoms with Crippen LogP contribution in [-0.2, 0) is 4.79 Å². The smallest absolute Gasteiger partial charge is 0.259 e. The lowest BCUT2D eigenvalue weighted by Crippen LogP contribution is -2.25. The van der Waals surface area contributed by atoms with Gasteiger partial charge in [-0.15, -0.1) is 0 Å². The van der Waals surface area contributed by atoms with Crippen molar-refractivity contribution in [3.05, 3.63) is 48.0 Å². The standard InChI is InChI=1S/C20H25N3O4/c1-14(2)27-20-15(7-5-10-18(20)26-4)12-22-23-19(24)13-21-16-8-6-9-17(11-16)25-3/h5-12,14,21H,13H2,1-4H3,(H,23,24)/b22-12-. The molecule has 2 aromatic rings. The number of rotatable bonds is 9. The maximum Gasteiger partial charge on any atom is 0.259 e. The summed E-state index contributed by atoms with van der Waals surface area (Å²) >= 11 is 0. The quantitative estimate of drug-likeness (QED) is 0.523. The Morgan fingerprint density at radius 2 is 1.93 bits per heavy atom. The number of anilines is 1. The van der Waals surface area contributed by atoms with Crippen molar-refractivity contribution in [3.63, 3.8) is 0 Å². The number of hydrogen-bond acceptors (Lipinski definition) is 6. The molecule has 7 nitrogen and oxygen atoms in total. The van der Waals surface area contributed by atoms with Crippen molar-refractivity contribution in [2.45, 2.75) is 20.0 Å². The summed E-state index contributed by atoms with van der Waals surface area (Å²) in [5.74, 6) is 1.64. The Kier molecular flexibility index (Phi) is 7.49. The van der Waals surface area contributed by atoms with Gasteiger partial charge in [0.1, 0.15) is 5.75 Å². The molecule has 0 heterocycles. The number of ether oxygens (including phenoxy) is 3. The van der Waals surface area contributed by atoms with E-state index in [0.29, 0.717) is 22.8 Å². The highest BCUT2D eigenvalue weighted by atomic mass is 16.5. The predicted molar refractivity (Wildman–Crippen MR) is 106 cm³/mol. The second-order valence-corrected chi connectivity index (χ2v) is 5.92. The van der Waals surface area contributed by atoms with Gasteiger partial charge in [0.15, 0.2) is 11.5 Å². The van der Waals surface area contributed by atoms with E-state index in [0.717, 1.165) is 5.69 Å². The maximum absolute atomic E-state index is 12.0. The molecule has 0 saturated carbocycles. The summed E-state index contributed by atoms with van der Waals surface area (Å²) in [7, 11) is 3.17. The van der Waals surface area contributed by atoms with Crippen LogP contribution in [0.15, 0.2) is 47.6 Å². The van der Waals surface area contributed by atoms with Crippen molar-refractivity contribution in [2.24, 2.45) is 5.10 Å². The molecule has 144 valence electrons. The summed E-state index contributed by atoms with van der Waals surface area (Å²) < 4.78 is 16.3. The summed E-state index contributed by atoms with van der Waals surface area (Å²) in [5.41, 5.74) is 3.99. The van der Waals surface area contributed by atoms with Crippen LogP contribution in [0.2, 0.25) is 0 Å². The Morgan fingerprint density at radius 1 is 1.15 bits per heavy atom. The van der Waals surface area contributed by atoms with Gasteiger partial charge >= 0.3 is 0 Å². The van der Waals surface area contributed by atoms with Crippen molar-refractivity contribution < 1.29 is 19.0 Å². The molecule has 2 rings (SSSR count). The molecule has 0 aliphatic rings. The van der Waals surface area contributed by atoms with Crippen molar-refractivity contribution in [2.75, 3.05) is 26.1 Å². The number of benzene rings is 2. The molecule has 0 atom stereocenters. The Morgan fingerprint density at radius 3 is 2.63 bits per heavy atom. The summed E-state index contributed by atoms with van der Waals surface area (Å²) in [6.45, 7) is 3.94. The summed E-state index contributed by atoms with van der Waals surface area (Å²) in [4.78, 5) is 12.0. The average molecular weight is 371 g/mol. The number of carbonyl (C=O) groups is 1. The summed E-state index contributed by atoms with van der Waals surface area (Å²) in [6.07, 6.45) is 1.51. The highest BCUT2D eigenvalue weighted by molar-refractivity contribution is 5.87. The van der Waals surface area contributed by atoms with Crippen molar-refractivity contribution >= 4 is 17.8 Å². The molecule has 7 heteroatoms. The highest BCUT2D eigenvalue weighted by Gasteiger charge is 2.11. The van der Waals surface area contributed by atoms with Gasteiger partial charge in [0.2, 0.25) is 0 Å². The van der Waals surface area contributed by atoms with Crippen LogP contribution in [0, 0.1) is 0 Å². The van der Waals surface area contributed by atoms with Gasteiger partial charge in [0, 0.05) is 17.3 Å². The largest absolute Gasteiger partial charge is 0.497 e. The molecule has 27 heavy (non-hydrogen) atoms. The topological polar surface area (TPSA) is 81.2 Å². The van der Waals surface area contributed by atoms with Gasteiger partial charge in [0.05, 0.1) is 33.1 Å². The maximum atomic E-state index is 12.0. The summed E-state index contributed by atoms with van der Waals surface area (Å²) in [5, 5.41) is 7.02. The van der Waals surface area contributed by atoms with Gasteiger partial charge in [-0.1, -0.05) is 12.1 Å². The molecule has 0 radical (unpaired) electrons. The van der Waals surface area contributed by atoms with Crippen LogP contribution in [0.1, 0.15) is 19.4 Å². The monoisotopic (exact) mass is 371 g/mol. The molecule has 0 aliphatic carbocycles. The van der Waals surface area contributed by atoms with Gasteiger partial charge in [-0.3, -0.25) is 4.79 Å². The molecule has 0 aliphatic heterocycles. The molecule has 1 amide bonds. The summed E-state index contributed by atoms with van der Waals surface area (Å²) in [6, 6.07) is 12.8. The fraction of sp³-hybridized carbons (Fsp3) is 0.300. The van der Waals surface area contributed by atoms with Gasteiger partial charge in [0.25, 0.3) is 5.91 Å². The Hall–Kier alpha value is -3.22. The Bertz CT molecular complexity index is 791. The number of para-hydroxylation sites is 1. The van der Waals surface area contributed by atoms with Crippen LogP contribution in [0.25, 0.3) is 0 Å². The van der Waals surface area contributed by atoms with Crippen LogP contribution in [0.3, 0.4) is 0 Å². The lowest BCUT2D eigenvalue weighted by Gasteiger charge is -2.15. The number of methoxy groups -OCH3 is 2. The lowest BCUT2D eigenvalue weighted by molar-refractivity contribution is -0.119. The van der Waals surface area contributed by atoms with E-state index in [9.17, 15) is 4.79 Å². The van der Waals surface area contributed by atoms with Crippen molar-refractivity contribution in [1.82, 2.24) is 5.43 Å². The minimum absolute atomic E-state index is 0.0184. The molecule has 0 spiro atoms. The number of hydrazone groups is 1. The van der Waals surface area contributed by atoms with Gasteiger partial charge in [-0.25, -0.2) is 5.43 Å². The van der Waals surface area contributed by atoms with Gasteiger partial charge in [-0.05, 0) is 38.1 Å². The van der Waals surface area contributed by atoms with Crippen LogP contribution >= 0.6 is 0 Å². The van der Waals surface area contributed by atoms with E-state index < -0.39 is 0 Å². The zero-order valence-corrected chi connectivity index (χ0v) is 16.0. The Balaban J connectivity index is 1.95. The second-order valence-electron chi connectivity index (χ2n) is 5.92. The van der Waals surface area contributed by atoms with E-state index in [-0.39, 0.29) is 18.6 Å². The normalized spacial score (nSPS) is 10.7. The van der Waals surface area contributed by atoms with Gasteiger partial charge < -0.3 is 19.5 Å². The molecular formula is C20H25N3O4. The van der Waals surface area contributed by atoms with E-state index in [4.69, 9.17) is 14.2 Å². The van der Waals surface area contributed by atoms with Crippen molar-refractivity contribution in [3.8, 4) is 17.2 Å². The minimum Gasteiger partial charge on any atom is -0.497 e. The fourth-order valence-electron chi connectivity index (χ4n) is 2.29. The first-order valence-corrected chi connectivity index (χ1v) is 8.57. The zero-order chi connectivity index (χ0) is 19.6. The van der Waals surface area contributed by atoms with E-state index >= 15 is 0 Å². The number of amides is 1. The third-order valence-electron chi connectivity index (χ3n) is 3.50. The van der Waals surface area contributed by atoms with Crippen LogP contribution in [0.5, 0.6) is 17.2 Å². The number of nitrogens with one attached hydrogen (secondary N) is 2. The van der Waals surface area contributed by atoms with Gasteiger partial charge in [-0.2, -0.15) is 5.10 Å². The lowest BCUT2D eigenvalue weighted by atomic mass is 10.2. The average Bonchev–Trinajstić information content (AvgIpc) is 2.67. The van der Waals surface area contributed by atoms with Crippen LogP contribution in [0.4, 0.5) is 5.69 Å². The number of carbonyl (C=O) groups excluding carboxylic acids is 1. The third-order valence-corrected chi connectivity index (χ3v) is 3.50. The van der Waals surface area contributed by atoms with Crippen molar-refractivity contribution in [1.29, 1.82) is 0 Å².